The van der Waals surface area contributed by atoms with Gasteiger partial charge in [0.15, 0.2) is 5.82 Å². The van der Waals surface area contributed by atoms with Crippen molar-refractivity contribution in [1.82, 2.24) is 10.1 Å². The molecule has 0 amide bonds. The smallest absolute Gasteiger partial charge is 0.243 e. The Labute approximate surface area is 83.9 Å². The molecule has 4 nitrogen and oxygen atoms in total. The van der Waals surface area contributed by atoms with Gasteiger partial charge in [-0.2, -0.15) is 4.98 Å². The summed E-state index contributed by atoms with van der Waals surface area (Å²) in [5.74, 6) is 2.54. The van der Waals surface area contributed by atoms with E-state index in [2.05, 4.69) is 24.0 Å². The number of hydrogen-bond acceptors (Lipinski definition) is 4. The zero-order chi connectivity index (χ0) is 10.1. The first-order valence-corrected chi connectivity index (χ1v) is 5.26. The number of rotatable bonds is 4. The van der Waals surface area contributed by atoms with E-state index in [0.717, 1.165) is 12.2 Å². The van der Waals surface area contributed by atoms with Crippen molar-refractivity contribution in [2.24, 2.45) is 11.7 Å². The van der Waals surface area contributed by atoms with Crippen molar-refractivity contribution in [3.8, 4) is 0 Å². The minimum Gasteiger partial charge on any atom is -0.338 e. The molecule has 1 fully saturated rings. The summed E-state index contributed by atoms with van der Waals surface area (Å²) in [6.45, 7) is 4.27. The first kappa shape index (κ1) is 9.65. The Morgan fingerprint density at radius 1 is 1.50 bits per heavy atom. The minimum absolute atomic E-state index is 0.102. The van der Waals surface area contributed by atoms with E-state index in [4.69, 9.17) is 10.3 Å². The molecule has 2 N–H and O–H groups in total. The molecule has 0 spiro atoms. The lowest BCUT2D eigenvalue weighted by Crippen LogP contribution is -2.13. The molecule has 0 aliphatic heterocycles. The molecule has 1 aliphatic carbocycles. The minimum atomic E-state index is -0.102. The summed E-state index contributed by atoms with van der Waals surface area (Å²) in [6.07, 6.45) is 3.28. The molecule has 0 unspecified atom stereocenters. The second-order valence-corrected chi connectivity index (χ2v) is 4.50. The lowest BCUT2D eigenvalue weighted by atomic mass is 10.0. The van der Waals surface area contributed by atoms with Crippen molar-refractivity contribution in [3.05, 3.63) is 11.7 Å². The van der Waals surface area contributed by atoms with E-state index >= 15 is 0 Å². The standard InChI is InChI=1S/C10H17N3O/c1-6(2)5-8(11)10-12-9(13-14-10)7-3-4-7/h6-8H,3-5,11H2,1-2H3/t8-/m0/s1. The van der Waals surface area contributed by atoms with Crippen molar-refractivity contribution < 1.29 is 4.52 Å². The molecule has 14 heavy (non-hydrogen) atoms. The summed E-state index contributed by atoms with van der Waals surface area (Å²) >= 11 is 0. The highest BCUT2D eigenvalue weighted by Gasteiger charge is 2.29. The average Bonchev–Trinajstić information content (AvgIpc) is 2.82. The van der Waals surface area contributed by atoms with Crippen LogP contribution in [0.25, 0.3) is 0 Å². The maximum absolute atomic E-state index is 5.93. The Bertz CT molecular complexity index is 304. The van der Waals surface area contributed by atoms with Gasteiger partial charge in [-0.15, -0.1) is 0 Å². The van der Waals surface area contributed by atoms with Crippen molar-refractivity contribution in [1.29, 1.82) is 0 Å². The maximum atomic E-state index is 5.93. The van der Waals surface area contributed by atoms with Gasteiger partial charge in [-0.25, -0.2) is 0 Å². The fraction of sp³-hybridized carbons (Fsp3) is 0.800. The Kier molecular flexibility index (Phi) is 2.54. The van der Waals surface area contributed by atoms with Crippen LogP contribution in [0.5, 0.6) is 0 Å². The van der Waals surface area contributed by atoms with Gasteiger partial charge in [0.1, 0.15) is 0 Å². The number of aromatic nitrogens is 2. The Morgan fingerprint density at radius 3 is 2.79 bits per heavy atom. The van der Waals surface area contributed by atoms with Crippen LogP contribution in [0.4, 0.5) is 0 Å². The van der Waals surface area contributed by atoms with Gasteiger partial charge < -0.3 is 10.3 Å². The van der Waals surface area contributed by atoms with Gasteiger partial charge in [0.2, 0.25) is 5.89 Å². The second-order valence-electron chi connectivity index (χ2n) is 4.50. The summed E-state index contributed by atoms with van der Waals surface area (Å²) in [7, 11) is 0. The normalized spacial score (nSPS) is 18.9. The first-order chi connectivity index (χ1) is 6.66. The summed E-state index contributed by atoms with van der Waals surface area (Å²) in [6, 6.07) is -0.102. The fourth-order valence-corrected chi connectivity index (χ4v) is 1.51. The molecule has 0 saturated heterocycles. The van der Waals surface area contributed by atoms with Gasteiger partial charge in [0.05, 0.1) is 6.04 Å². The molecule has 4 heteroatoms. The van der Waals surface area contributed by atoms with Crippen LogP contribution < -0.4 is 5.73 Å². The molecule has 1 aliphatic rings. The largest absolute Gasteiger partial charge is 0.338 e. The third-order valence-corrected chi connectivity index (χ3v) is 2.44. The fourth-order valence-electron chi connectivity index (χ4n) is 1.51. The van der Waals surface area contributed by atoms with Crippen LogP contribution in [0.2, 0.25) is 0 Å². The lowest BCUT2D eigenvalue weighted by molar-refractivity contribution is 0.332. The molecule has 1 aromatic rings. The molecule has 1 saturated carbocycles. The van der Waals surface area contributed by atoms with E-state index in [0.29, 0.717) is 17.7 Å². The van der Waals surface area contributed by atoms with Crippen LogP contribution >= 0.6 is 0 Å². The van der Waals surface area contributed by atoms with Gasteiger partial charge >= 0.3 is 0 Å². The van der Waals surface area contributed by atoms with Crippen molar-refractivity contribution in [2.75, 3.05) is 0 Å². The van der Waals surface area contributed by atoms with E-state index < -0.39 is 0 Å². The molecule has 0 bridgehead atoms. The quantitative estimate of drug-likeness (QED) is 0.798. The van der Waals surface area contributed by atoms with Crippen LogP contribution in [-0.2, 0) is 0 Å². The second kappa shape index (κ2) is 3.69. The summed E-state index contributed by atoms with van der Waals surface area (Å²) in [5, 5.41) is 3.94. The molecule has 0 radical (unpaired) electrons. The summed E-state index contributed by atoms with van der Waals surface area (Å²) in [4.78, 5) is 4.32. The van der Waals surface area contributed by atoms with Crippen LogP contribution in [0, 0.1) is 5.92 Å². The number of hydrogen-bond donors (Lipinski definition) is 1. The van der Waals surface area contributed by atoms with Gasteiger partial charge in [0.25, 0.3) is 0 Å². The maximum Gasteiger partial charge on any atom is 0.243 e. The zero-order valence-electron chi connectivity index (χ0n) is 8.73. The Balaban J connectivity index is 2.00. The van der Waals surface area contributed by atoms with Crippen molar-refractivity contribution in [3.63, 3.8) is 0 Å². The molecule has 78 valence electrons. The predicted octanol–water partition coefficient (Wildman–Crippen LogP) is 1.99. The molecule has 1 atom stereocenters. The van der Waals surface area contributed by atoms with Gasteiger partial charge in [-0.1, -0.05) is 19.0 Å². The highest BCUT2D eigenvalue weighted by molar-refractivity contribution is 5.04. The Hall–Kier alpha value is -0.900. The van der Waals surface area contributed by atoms with Crippen molar-refractivity contribution in [2.45, 2.75) is 45.1 Å². The van der Waals surface area contributed by atoms with E-state index in [-0.39, 0.29) is 6.04 Å². The van der Waals surface area contributed by atoms with Crippen LogP contribution in [0.3, 0.4) is 0 Å². The van der Waals surface area contributed by atoms with Crippen molar-refractivity contribution >= 4 is 0 Å². The van der Waals surface area contributed by atoms with Gasteiger partial charge in [-0.3, -0.25) is 0 Å². The SMILES string of the molecule is CC(C)C[C@H](N)c1nc(C2CC2)no1. The summed E-state index contributed by atoms with van der Waals surface area (Å²) < 4.78 is 5.14. The average molecular weight is 195 g/mol. The predicted molar refractivity (Wildman–Crippen MR) is 52.7 cm³/mol. The third-order valence-electron chi connectivity index (χ3n) is 2.44. The Morgan fingerprint density at radius 2 is 2.21 bits per heavy atom. The van der Waals surface area contributed by atoms with E-state index in [1.165, 1.54) is 12.8 Å². The highest BCUT2D eigenvalue weighted by Crippen LogP contribution is 2.38. The van der Waals surface area contributed by atoms with Gasteiger partial charge in [-0.05, 0) is 25.2 Å². The molecular formula is C10H17N3O. The van der Waals surface area contributed by atoms with Gasteiger partial charge in [0, 0.05) is 5.92 Å². The van der Waals surface area contributed by atoms with E-state index in [1.807, 2.05) is 0 Å². The van der Waals surface area contributed by atoms with E-state index in [9.17, 15) is 0 Å². The highest BCUT2D eigenvalue weighted by atomic mass is 16.5. The number of nitrogens with zero attached hydrogens (tertiary/aromatic N) is 2. The monoisotopic (exact) mass is 195 g/mol. The lowest BCUT2D eigenvalue weighted by Gasteiger charge is -2.08. The zero-order valence-corrected chi connectivity index (χ0v) is 8.73. The van der Waals surface area contributed by atoms with E-state index in [1.54, 1.807) is 0 Å². The molecule has 0 aromatic carbocycles. The topological polar surface area (TPSA) is 64.9 Å². The molecule has 2 rings (SSSR count). The molecular weight excluding hydrogens is 178 g/mol. The number of nitrogens with two attached hydrogens (primary N) is 1. The van der Waals surface area contributed by atoms with Crippen LogP contribution in [0.1, 0.15) is 56.8 Å². The third kappa shape index (κ3) is 2.12. The first-order valence-electron chi connectivity index (χ1n) is 5.26. The van der Waals surface area contributed by atoms with Crippen LogP contribution in [-0.4, -0.2) is 10.1 Å². The molecule has 1 heterocycles. The summed E-state index contributed by atoms with van der Waals surface area (Å²) in [5.41, 5.74) is 5.93. The van der Waals surface area contributed by atoms with Crippen LogP contribution in [0.15, 0.2) is 4.52 Å². The molecule has 1 aromatic heterocycles.